The molecule has 92 valence electrons. The molecule has 16 heavy (non-hydrogen) atoms. The second kappa shape index (κ2) is 3.96. The van der Waals surface area contributed by atoms with Crippen LogP contribution in [0.2, 0.25) is 0 Å². The third kappa shape index (κ3) is 2.65. The van der Waals surface area contributed by atoms with Crippen LogP contribution in [0, 0.1) is 5.92 Å². The van der Waals surface area contributed by atoms with Crippen LogP contribution in [0.25, 0.3) is 0 Å². The molecule has 1 fully saturated rings. The number of amides is 1. The van der Waals surface area contributed by atoms with Gasteiger partial charge in [0.2, 0.25) is 0 Å². The Kier molecular flexibility index (Phi) is 3.17. The number of alkyl carbamates (subject to hydrolysis) is 1. The number of ether oxygens (including phenoxy) is 2. The first-order valence-corrected chi connectivity index (χ1v) is 5.31. The molecule has 2 atom stereocenters. The van der Waals surface area contributed by atoms with Crippen LogP contribution in [0.1, 0.15) is 34.1 Å². The van der Waals surface area contributed by atoms with Gasteiger partial charge in [-0.3, -0.25) is 0 Å². The molecular formula is C11H19NO4. The summed E-state index contributed by atoms with van der Waals surface area (Å²) in [5.74, 6) is -0.321. The summed E-state index contributed by atoms with van der Waals surface area (Å²) in [5, 5.41) is 2.59. The van der Waals surface area contributed by atoms with E-state index in [2.05, 4.69) is 10.1 Å². The van der Waals surface area contributed by atoms with E-state index >= 15 is 0 Å². The first-order valence-electron chi connectivity index (χ1n) is 5.31. The summed E-state index contributed by atoms with van der Waals surface area (Å²) in [6.07, 6.45) is 0.0149. The standard InChI is InChI=1S/C11H19NO4/c1-7-6-11(7,8(13)15-5)12-9(14)16-10(2,3)4/h7H,6H2,1-5H3,(H,12,14)/t7-,11+/m0/s1. The Labute approximate surface area is 95.5 Å². The van der Waals surface area contributed by atoms with Crippen LogP contribution < -0.4 is 5.32 Å². The lowest BCUT2D eigenvalue weighted by Crippen LogP contribution is -2.47. The highest BCUT2D eigenvalue weighted by atomic mass is 16.6. The summed E-state index contributed by atoms with van der Waals surface area (Å²) < 4.78 is 9.77. The monoisotopic (exact) mass is 229 g/mol. The van der Waals surface area contributed by atoms with Gasteiger partial charge < -0.3 is 14.8 Å². The van der Waals surface area contributed by atoms with E-state index in [0.717, 1.165) is 0 Å². The van der Waals surface area contributed by atoms with Gasteiger partial charge in [-0.25, -0.2) is 9.59 Å². The molecule has 0 heterocycles. The summed E-state index contributed by atoms with van der Waals surface area (Å²) in [7, 11) is 1.31. The molecular weight excluding hydrogens is 210 g/mol. The summed E-state index contributed by atoms with van der Waals surface area (Å²) >= 11 is 0. The fourth-order valence-corrected chi connectivity index (χ4v) is 1.60. The second-order valence-electron chi connectivity index (χ2n) is 5.19. The number of esters is 1. The maximum Gasteiger partial charge on any atom is 0.408 e. The molecule has 0 aromatic rings. The predicted octanol–water partition coefficient (Wildman–Crippen LogP) is 1.46. The molecule has 0 saturated heterocycles. The summed E-state index contributed by atoms with van der Waals surface area (Å²) in [6.45, 7) is 7.20. The normalized spacial score (nSPS) is 28.2. The van der Waals surface area contributed by atoms with Gasteiger partial charge in [-0.1, -0.05) is 6.92 Å². The zero-order chi connectivity index (χ0) is 12.6. The van der Waals surface area contributed by atoms with Gasteiger partial charge in [-0.05, 0) is 33.1 Å². The van der Waals surface area contributed by atoms with Crippen molar-refractivity contribution in [3.63, 3.8) is 0 Å². The fraction of sp³-hybridized carbons (Fsp3) is 0.818. The number of hydrogen-bond donors (Lipinski definition) is 1. The molecule has 0 bridgehead atoms. The topological polar surface area (TPSA) is 64.6 Å². The molecule has 1 aliphatic rings. The molecule has 1 N–H and O–H groups in total. The molecule has 1 rings (SSSR count). The molecule has 0 aromatic carbocycles. The molecule has 0 aliphatic heterocycles. The zero-order valence-electron chi connectivity index (χ0n) is 10.4. The van der Waals surface area contributed by atoms with E-state index in [1.807, 2.05) is 6.92 Å². The van der Waals surface area contributed by atoms with Crippen molar-refractivity contribution >= 4 is 12.1 Å². The molecule has 0 aromatic heterocycles. The van der Waals surface area contributed by atoms with Crippen LogP contribution in [0.4, 0.5) is 4.79 Å². The van der Waals surface area contributed by atoms with E-state index in [4.69, 9.17) is 4.74 Å². The van der Waals surface area contributed by atoms with E-state index in [-0.39, 0.29) is 5.92 Å². The van der Waals surface area contributed by atoms with Crippen LogP contribution in [0.5, 0.6) is 0 Å². The lowest BCUT2D eigenvalue weighted by Gasteiger charge is -2.22. The minimum Gasteiger partial charge on any atom is -0.467 e. The van der Waals surface area contributed by atoms with Gasteiger partial charge >= 0.3 is 12.1 Å². The first kappa shape index (κ1) is 12.8. The van der Waals surface area contributed by atoms with Crippen molar-refractivity contribution in [1.29, 1.82) is 0 Å². The molecule has 0 unspecified atom stereocenters. The Morgan fingerprint density at radius 3 is 2.19 bits per heavy atom. The largest absolute Gasteiger partial charge is 0.467 e. The highest BCUT2D eigenvalue weighted by Crippen LogP contribution is 2.44. The van der Waals surface area contributed by atoms with Crippen LogP contribution in [-0.2, 0) is 14.3 Å². The minimum absolute atomic E-state index is 0.0902. The number of rotatable bonds is 2. The van der Waals surface area contributed by atoms with Crippen molar-refractivity contribution in [2.75, 3.05) is 7.11 Å². The Morgan fingerprint density at radius 1 is 1.38 bits per heavy atom. The van der Waals surface area contributed by atoms with Crippen LogP contribution in [-0.4, -0.2) is 30.3 Å². The summed E-state index contributed by atoms with van der Waals surface area (Å²) in [6, 6.07) is 0. The van der Waals surface area contributed by atoms with Crippen LogP contribution in [0.3, 0.4) is 0 Å². The number of carbonyl (C=O) groups excluding carboxylic acids is 2. The molecule has 1 amide bonds. The molecule has 0 radical (unpaired) electrons. The van der Waals surface area contributed by atoms with Crippen molar-refractivity contribution in [3.05, 3.63) is 0 Å². The second-order valence-corrected chi connectivity index (χ2v) is 5.19. The Hall–Kier alpha value is -1.26. The minimum atomic E-state index is -0.878. The Morgan fingerprint density at radius 2 is 1.88 bits per heavy atom. The maximum absolute atomic E-state index is 11.5. The quantitative estimate of drug-likeness (QED) is 0.728. The van der Waals surface area contributed by atoms with Crippen LogP contribution in [0.15, 0.2) is 0 Å². The van der Waals surface area contributed by atoms with E-state index in [1.165, 1.54) is 7.11 Å². The first-order chi connectivity index (χ1) is 7.21. The van der Waals surface area contributed by atoms with Gasteiger partial charge in [0.05, 0.1) is 7.11 Å². The smallest absolute Gasteiger partial charge is 0.408 e. The van der Waals surface area contributed by atoms with Crippen molar-refractivity contribution in [2.45, 2.75) is 45.3 Å². The number of carbonyl (C=O) groups is 2. The van der Waals surface area contributed by atoms with Gasteiger partial charge in [-0.15, -0.1) is 0 Å². The van der Waals surface area contributed by atoms with Gasteiger partial charge in [-0.2, -0.15) is 0 Å². The van der Waals surface area contributed by atoms with Gasteiger partial charge in [0.1, 0.15) is 11.1 Å². The molecule has 5 heteroatoms. The van der Waals surface area contributed by atoms with Gasteiger partial charge in [0, 0.05) is 0 Å². The number of methoxy groups -OCH3 is 1. The zero-order valence-corrected chi connectivity index (χ0v) is 10.4. The third-order valence-corrected chi connectivity index (χ3v) is 2.58. The van der Waals surface area contributed by atoms with Crippen molar-refractivity contribution in [3.8, 4) is 0 Å². The fourth-order valence-electron chi connectivity index (χ4n) is 1.60. The van der Waals surface area contributed by atoms with E-state index in [9.17, 15) is 9.59 Å². The van der Waals surface area contributed by atoms with Gasteiger partial charge in [0.25, 0.3) is 0 Å². The predicted molar refractivity (Wildman–Crippen MR) is 57.9 cm³/mol. The van der Waals surface area contributed by atoms with E-state index in [1.54, 1.807) is 20.8 Å². The van der Waals surface area contributed by atoms with Gasteiger partial charge in [0.15, 0.2) is 0 Å². The maximum atomic E-state index is 11.5. The van der Waals surface area contributed by atoms with E-state index in [0.29, 0.717) is 6.42 Å². The lowest BCUT2D eigenvalue weighted by atomic mass is 10.2. The number of nitrogens with one attached hydrogen (secondary N) is 1. The van der Waals surface area contributed by atoms with Crippen molar-refractivity contribution < 1.29 is 19.1 Å². The van der Waals surface area contributed by atoms with Crippen LogP contribution >= 0.6 is 0 Å². The number of hydrogen-bond acceptors (Lipinski definition) is 4. The Bertz CT molecular complexity index is 308. The Balaban J connectivity index is 2.59. The average molecular weight is 229 g/mol. The molecule has 1 aliphatic carbocycles. The SMILES string of the molecule is COC(=O)[C@@]1(NC(=O)OC(C)(C)C)C[C@@H]1C. The van der Waals surface area contributed by atoms with Crippen molar-refractivity contribution in [2.24, 2.45) is 5.92 Å². The lowest BCUT2D eigenvalue weighted by molar-refractivity contribution is -0.144. The average Bonchev–Trinajstić information content (AvgIpc) is 2.72. The summed E-state index contributed by atoms with van der Waals surface area (Å²) in [4.78, 5) is 23.1. The summed E-state index contributed by atoms with van der Waals surface area (Å²) in [5.41, 5.74) is -1.45. The van der Waals surface area contributed by atoms with E-state index < -0.39 is 23.2 Å². The highest BCUT2D eigenvalue weighted by Gasteiger charge is 2.60. The molecule has 1 saturated carbocycles. The molecule has 0 spiro atoms. The highest BCUT2D eigenvalue weighted by molar-refractivity contribution is 5.89. The molecule has 5 nitrogen and oxygen atoms in total. The van der Waals surface area contributed by atoms with Crippen molar-refractivity contribution in [1.82, 2.24) is 5.32 Å². The third-order valence-electron chi connectivity index (χ3n) is 2.58.